The molecule has 2 nitrogen and oxygen atoms in total. The van der Waals surface area contributed by atoms with Crippen molar-refractivity contribution in [2.75, 3.05) is 13.1 Å². The van der Waals surface area contributed by atoms with Crippen molar-refractivity contribution in [3.63, 3.8) is 0 Å². The van der Waals surface area contributed by atoms with E-state index in [-0.39, 0.29) is 5.48 Å². The molecule has 0 radical (unpaired) electrons. The van der Waals surface area contributed by atoms with Gasteiger partial charge in [-0.1, -0.05) is 13.8 Å². The molecule has 1 fully saturated rings. The third kappa shape index (κ3) is 5.92. The fourth-order valence-electron chi connectivity index (χ4n) is 0.625. The zero-order valence-electron chi connectivity index (χ0n) is 5.83. The molecular formula is C6H17NO. The summed E-state index contributed by atoms with van der Waals surface area (Å²) >= 11 is 0. The van der Waals surface area contributed by atoms with E-state index in [0.717, 1.165) is 0 Å². The highest BCUT2D eigenvalue weighted by Gasteiger charge is 1.93. The molecule has 0 spiro atoms. The number of rotatable bonds is 0. The molecule has 0 aliphatic carbocycles. The first-order chi connectivity index (χ1) is 3.50. The predicted molar refractivity (Wildman–Crippen MR) is 37.1 cm³/mol. The summed E-state index contributed by atoms with van der Waals surface area (Å²) in [7, 11) is 0. The van der Waals surface area contributed by atoms with Crippen molar-refractivity contribution in [3.8, 4) is 0 Å². The molecule has 0 aromatic heterocycles. The smallest absolute Gasteiger partial charge is 0.00484 e. The van der Waals surface area contributed by atoms with Crippen LogP contribution in [0, 0.1) is 0 Å². The molecule has 0 atom stereocenters. The molecule has 8 heavy (non-hydrogen) atoms. The molecule has 1 rings (SSSR count). The Morgan fingerprint density at radius 3 is 1.50 bits per heavy atom. The highest BCUT2D eigenvalue weighted by atomic mass is 16.0. The van der Waals surface area contributed by atoms with Crippen molar-refractivity contribution < 1.29 is 5.48 Å². The van der Waals surface area contributed by atoms with Crippen molar-refractivity contribution >= 4 is 0 Å². The molecule has 1 saturated heterocycles. The van der Waals surface area contributed by atoms with E-state index in [1.54, 1.807) is 0 Å². The maximum atomic E-state index is 3.22. The van der Waals surface area contributed by atoms with E-state index in [0.29, 0.717) is 0 Å². The van der Waals surface area contributed by atoms with Crippen molar-refractivity contribution in [2.45, 2.75) is 26.7 Å². The van der Waals surface area contributed by atoms with Gasteiger partial charge in [-0.3, -0.25) is 0 Å². The van der Waals surface area contributed by atoms with E-state index in [1.165, 1.54) is 25.9 Å². The number of hydrogen-bond acceptors (Lipinski definition) is 1. The Balaban J connectivity index is 0. The SMILES string of the molecule is C1CCNC1.CC.O. The zero-order valence-corrected chi connectivity index (χ0v) is 5.83. The van der Waals surface area contributed by atoms with E-state index in [9.17, 15) is 0 Å². The minimum Gasteiger partial charge on any atom is -0.412 e. The van der Waals surface area contributed by atoms with E-state index in [1.807, 2.05) is 13.8 Å². The zero-order chi connectivity index (χ0) is 5.54. The summed E-state index contributed by atoms with van der Waals surface area (Å²) in [5.74, 6) is 0. The van der Waals surface area contributed by atoms with Gasteiger partial charge in [-0.25, -0.2) is 0 Å². The van der Waals surface area contributed by atoms with Gasteiger partial charge >= 0.3 is 0 Å². The van der Waals surface area contributed by atoms with Crippen LogP contribution in [0.15, 0.2) is 0 Å². The van der Waals surface area contributed by atoms with E-state index >= 15 is 0 Å². The molecule has 0 aromatic rings. The lowest BCUT2D eigenvalue weighted by molar-refractivity contribution is 0.824. The summed E-state index contributed by atoms with van der Waals surface area (Å²) < 4.78 is 0. The summed E-state index contributed by atoms with van der Waals surface area (Å²) in [6.45, 7) is 6.50. The molecule has 1 heterocycles. The largest absolute Gasteiger partial charge is 0.412 e. The number of nitrogens with one attached hydrogen (secondary N) is 1. The van der Waals surface area contributed by atoms with Crippen LogP contribution in [0.5, 0.6) is 0 Å². The minimum absolute atomic E-state index is 0. The normalized spacial score (nSPS) is 15.8. The van der Waals surface area contributed by atoms with Crippen molar-refractivity contribution in [1.82, 2.24) is 5.32 Å². The second-order valence-electron chi connectivity index (χ2n) is 1.46. The van der Waals surface area contributed by atoms with Crippen molar-refractivity contribution in [2.24, 2.45) is 0 Å². The van der Waals surface area contributed by atoms with Gasteiger partial charge in [0.1, 0.15) is 0 Å². The molecule has 1 aliphatic rings. The van der Waals surface area contributed by atoms with Crippen LogP contribution in [0.1, 0.15) is 26.7 Å². The Hall–Kier alpha value is -0.0800. The Morgan fingerprint density at radius 1 is 1.00 bits per heavy atom. The fourth-order valence-corrected chi connectivity index (χ4v) is 0.625. The van der Waals surface area contributed by atoms with Crippen LogP contribution < -0.4 is 5.32 Å². The Kier molecular flexibility index (Phi) is 13.6. The van der Waals surface area contributed by atoms with Crippen molar-refractivity contribution in [3.05, 3.63) is 0 Å². The molecule has 52 valence electrons. The average Bonchev–Trinajstić information content (AvgIpc) is 2.23. The maximum Gasteiger partial charge on any atom is -0.00484 e. The highest BCUT2D eigenvalue weighted by molar-refractivity contribution is 4.55. The molecular weight excluding hydrogens is 102 g/mol. The third-order valence-electron chi connectivity index (χ3n) is 0.957. The summed E-state index contributed by atoms with van der Waals surface area (Å²) in [4.78, 5) is 0. The summed E-state index contributed by atoms with van der Waals surface area (Å²) in [5, 5.41) is 3.22. The van der Waals surface area contributed by atoms with Gasteiger partial charge in [-0.05, 0) is 25.9 Å². The first-order valence-corrected chi connectivity index (χ1v) is 3.21. The lowest BCUT2D eigenvalue weighted by Crippen LogP contribution is -2.03. The molecule has 2 heteroatoms. The van der Waals surface area contributed by atoms with E-state index in [4.69, 9.17) is 0 Å². The van der Waals surface area contributed by atoms with Gasteiger partial charge in [-0.15, -0.1) is 0 Å². The first kappa shape index (κ1) is 10.8. The fraction of sp³-hybridized carbons (Fsp3) is 1.00. The van der Waals surface area contributed by atoms with Gasteiger partial charge in [0.05, 0.1) is 0 Å². The van der Waals surface area contributed by atoms with Crippen LogP contribution in [-0.2, 0) is 0 Å². The Bertz CT molecular complexity index is 20.1. The highest BCUT2D eigenvalue weighted by Crippen LogP contribution is 1.90. The van der Waals surface area contributed by atoms with Gasteiger partial charge < -0.3 is 10.8 Å². The molecule has 0 saturated carbocycles. The third-order valence-corrected chi connectivity index (χ3v) is 0.957. The Morgan fingerprint density at radius 2 is 1.38 bits per heavy atom. The van der Waals surface area contributed by atoms with Crippen LogP contribution >= 0.6 is 0 Å². The van der Waals surface area contributed by atoms with E-state index in [2.05, 4.69) is 5.32 Å². The lowest BCUT2D eigenvalue weighted by atomic mass is 10.4. The molecule has 1 aliphatic heterocycles. The van der Waals surface area contributed by atoms with Gasteiger partial charge in [-0.2, -0.15) is 0 Å². The van der Waals surface area contributed by atoms with Gasteiger partial charge in [0.25, 0.3) is 0 Å². The Labute approximate surface area is 51.6 Å². The predicted octanol–water partition coefficient (Wildman–Crippen LogP) is 0.571. The molecule has 0 aromatic carbocycles. The van der Waals surface area contributed by atoms with Crippen LogP contribution in [0.3, 0.4) is 0 Å². The molecule has 3 N–H and O–H groups in total. The van der Waals surface area contributed by atoms with Crippen LogP contribution in [0.2, 0.25) is 0 Å². The van der Waals surface area contributed by atoms with Crippen molar-refractivity contribution in [1.29, 1.82) is 0 Å². The van der Waals surface area contributed by atoms with Gasteiger partial charge in [0, 0.05) is 0 Å². The first-order valence-electron chi connectivity index (χ1n) is 3.21. The second-order valence-corrected chi connectivity index (χ2v) is 1.46. The summed E-state index contributed by atoms with van der Waals surface area (Å²) in [5.41, 5.74) is 0. The van der Waals surface area contributed by atoms with Crippen LogP contribution in [-0.4, -0.2) is 18.6 Å². The van der Waals surface area contributed by atoms with Gasteiger partial charge in [0.2, 0.25) is 0 Å². The van der Waals surface area contributed by atoms with E-state index < -0.39 is 0 Å². The molecule has 0 amide bonds. The topological polar surface area (TPSA) is 43.5 Å². The van der Waals surface area contributed by atoms with Crippen LogP contribution in [0.4, 0.5) is 0 Å². The quantitative estimate of drug-likeness (QED) is 0.498. The standard InChI is InChI=1S/C4H9N.C2H6.H2O/c1-2-4-5-3-1;1-2;/h5H,1-4H2;1-2H3;1H2. The van der Waals surface area contributed by atoms with Crippen LogP contribution in [0.25, 0.3) is 0 Å². The maximum absolute atomic E-state index is 3.22. The summed E-state index contributed by atoms with van der Waals surface area (Å²) in [6, 6.07) is 0. The minimum atomic E-state index is 0. The lowest BCUT2D eigenvalue weighted by Gasteiger charge is -1.76. The summed E-state index contributed by atoms with van der Waals surface area (Å²) in [6.07, 6.45) is 2.78. The molecule has 0 bridgehead atoms. The number of hydrogen-bond donors (Lipinski definition) is 1. The van der Waals surface area contributed by atoms with Gasteiger partial charge in [0.15, 0.2) is 0 Å². The second kappa shape index (κ2) is 10.0. The monoisotopic (exact) mass is 119 g/mol. The average molecular weight is 119 g/mol. The molecule has 0 unspecified atom stereocenters.